The molecule has 37 heavy (non-hydrogen) atoms. The summed E-state index contributed by atoms with van der Waals surface area (Å²) in [7, 11) is 0. The quantitative estimate of drug-likeness (QED) is 0.495. The van der Waals surface area contributed by atoms with Crippen molar-refractivity contribution in [2.45, 2.75) is 45.6 Å². The normalized spacial score (nSPS) is 17.9. The maximum absolute atomic E-state index is 13.9. The zero-order valence-corrected chi connectivity index (χ0v) is 21.6. The molecule has 1 aromatic carbocycles. The molecule has 0 aliphatic carbocycles. The second-order valence-electron chi connectivity index (χ2n) is 9.96. The Balaban J connectivity index is 0.00000121. The summed E-state index contributed by atoms with van der Waals surface area (Å²) in [5.74, 6) is 1.09. The zero-order chi connectivity index (χ0) is 26.8. The Hall–Kier alpha value is -3.30. The number of hydrogen-bond acceptors (Lipinski definition) is 6. The lowest BCUT2D eigenvalue weighted by Crippen LogP contribution is -2.39. The van der Waals surface area contributed by atoms with Crippen molar-refractivity contribution in [3.05, 3.63) is 54.2 Å². The Bertz CT molecular complexity index is 1060. The van der Waals surface area contributed by atoms with Crippen molar-refractivity contribution in [1.29, 1.82) is 0 Å². The summed E-state index contributed by atoms with van der Waals surface area (Å²) in [6.45, 7) is 7.10. The van der Waals surface area contributed by atoms with Crippen LogP contribution in [0.5, 0.6) is 5.75 Å². The molecule has 7 nitrogen and oxygen atoms in total. The monoisotopic (exact) mass is 520 g/mol. The topological polar surface area (TPSA) is 67.8 Å². The van der Waals surface area contributed by atoms with Crippen molar-refractivity contribution < 1.29 is 27.4 Å². The number of halogens is 3. The van der Waals surface area contributed by atoms with Gasteiger partial charge in [-0.1, -0.05) is 18.2 Å². The minimum absolute atomic E-state index is 0.287. The summed E-state index contributed by atoms with van der Waals surface area (Å²) in [5, 5.41) is 0. The molecule has 2 aliphatic heterocycles. The molecule has 0 N–H and O–H groups in total. The molecule has 0 radical (unpaired) electrons. The molecule has 1 unspecified atom stereocenters. The van der Waals surface area contributed by atoms with Gasteiger partial charge < -0.3 is 19.3 Å². The third-order valence-electron chi connectivity index (χ3n) is 5.97. The highest BCUT2D eigenvalue weighted by molar-refractivity contribution is 5.72. The first-order chi connectivity index (χ1) is 17.7. The number of alkyl halides is 2. The fourth-order valence-corrected chi connectivity index (χ4v) is 4.24. The van der Waals surface area contributed by atoms with Gasteiger partial charge in [0.1, 0.15) is 11.4 Å². The van der Waals surface area contributed by atoms with Crippen molar-refractivity contribution in [2.75, 3.05) is 44.6 Å². The number of carbonyl (C=O) groups is 1. The Labute approximate surface area is 216 Å². The van der Waals surface area contributed by atoms with E-state index in [1.807, 2.05) is 26.8 Å². The van der Waals surface area contributed by atoms with Gasteiger partial charge >= 0.3 is 6.09 Å². The van der Waals surface area contributed by atoms with Crippen LogP contribution in [0.2, 0.25) is 0 Å². The van der Waals surface area contributed by atoms with Crippen LogP contribution in [0.25, 0.3) is 5.57 Å². The van der Waals surface area contributed by atoms with E-state index in [0.717, 1.165) is 43.0 Å². The number of anilines is 1. The lowest BCUT2D eigenvalue weighted by Gasteiger charge is -2.33. The molecule has 2 aromatic rings. The maximum Gasteiger partial charge on any atom is 0.410 e. The summed E-state index contributed by atoms with van der Waals surface area (Å²) in [5.41, 5.74) is 1.42. The van der Waals surface area contributed by atoms with Crippen molar-refractivity contribution in [3.8, 4) is 5.75 Å². The third-order valence-corrected chi connectivity index (χ3v) is 5.97. The number of nitrogens with zero attached hydrogens (tertiary/aromatic N) is 4. The summed E-state index contributed by atoms with van der Waals surface area (Å²) < 4.78 is 44.3. The van der Waals surface area contributed by atoms with Gasteiger partial charge in [0.05, 0.1) is 24.7 Å². The Morgan fingerprint density at radius 3 is 2.59 bits per heavy atom. The van der Waals surface area contributed by atoms with Crippen LogP contribution in [0.15, 0.2) is 42.7 Å². The molecule has 0 bridgehead atoms. The van der Waals surface area contributed by atoms with Crippen LogP contribution in [-0.2, 0) is 4.74 Å². The average molecular weight is 521 g/mol. The number of para-hydroxylation sites is 1. The predicted octanol–water partition coefficient (Wildman–Crippen LogP) is 5.82. The number of benzene rings is 1. The van der Waals surface area contributed by atoms with Crippen molar-refractivity contribution in [2.24, 2.45) is 5.92 Å². The van der Waals surface area contributed by atoms with Crippen molar-refractivity contribution in [3.63, 3.8) is 0 Å². The highest BCUT2D eigenvalue weighted by Gasteiger charge is 2.25. The largest absolute Gasteiger partial charge is 0.490 e. The molecule has 4 rings (SSSR count). The summed E-state index contributed by atoms with van der Waals surface area (Å²) in [6.07, 6.45) is 8.06. The van der Waals surface area contributed by atoms with Gasteiger partial charge in [-0.05, 0) is 57.7 Å². The summed E-state index contributed by atoms with van der Waals surface area (Å²) >= 11 is 0. The summed E-state index contributed by atoms with van der Waals surface area (Å²) in [6, 6.07) is 6.51. The highest BCUT2D eigenvalue weighted by Crippen LogP contribution is 2.26. The minimum Gasteiger partial charge on any atom is -0.490 e. The van der Waals surface area contributed by atoms with E-state index >= 15 is 0 Å². The molecule has 202 valence electrons. The molecule has 1 fully saturated rings. The van der Waals surface area contributed by atoms with Crippen LogP contribution < -0.4 is 9.64 Å². The molecular weight excluding hydrogens is 485 g/mol. The first-order valence-electron chi connectivity index (χ1n) is 12.4. The SMILES string of the molecule is CC(C)(C)OC(=O)N1CC=C(c2cncc(N3CCCC(COc4ccccc4F)C3)n2)CC1.FCF. The fourth-order valence-electron chi connectivity index (χ4n) is 4.24. The van der Waals surface area contributed by atoms with E-state index in [0.29, 0.717) is 31.9 Å². The molecule has 10 heteroatoms. The van der Waals surface area contributed by atoms with E-state index in [4.69, 9.17) is 14.5 Å². The van der Waals surface area contributed by atoms with Gasteiger partial charge in [0.25, 0.3) is 0 Å². The van der Waals surface area contributed by atoms with Gasteiger partial charge in [-0.3, -0.25) is 4.98 Å². The van der Waals surface area contributed by atoms with Crippen LogP contribution in [0.3, 0.4) is 0 Å². The number of hydrogen-bond donors (Lipinski definition) is 0. The Morgan fingerprint density at radius 1 is 1.16 bits per heavy atom. The van der Waals surface area contributed by atoms with Gasteiger partial charge in [0.15, 0.2) is 11.6 Å². The van der Waals surface area contributed by atoms with E-state index in [9.17, 15) is 18.0 Å². The number of aromatic nitrogens is 2. The molecule has 0 saturated carbocycles. The predicted molar refractivity (Wildman–Crippen MR) is 136 cm³/mol. The van der Waals surface area contributed by atoms with E-state index in [1.165, 1.54) is 6.07 Å². The molecular formula is C27H35F3N4O3. The van der Waals surface area contributed by atoms with Gasteiger partial charge in [-0.25, -0.2) is 22.9 Å². The number of carbonyl (C=O) groups excluding carboxylic acids is 1. The minimum atomic E-state index is -1.75. The second kappa shape index (κ2) is 13.3. The van der Waals surface area contributed by atoms with E-state index in [-0.39, 0.29) is 17.8 Å². The van der Waals surface area contributed by atoms with Crippen molar-refractivity contribution >= 4 is 17.5 Å². The number of ether oxygens (including phenoxy) is 2. The highest BCUT2D eigenvalue weighted by atomic mass is 19.3. The molecule has 2 aliphatic rings. The van der Waals surface area contributed by atoms with Crippen molar-refractivity contribution in [1.82, 2.24) is 14.9 Å². The van der Waals surface area contributed by atoms with Crippen LogP contribution in [0, 0.1) is 11.7 Å². The molecule has 1 amide bonds. The standard InChI is InChI=1S/C26H33FN4O3.CH2F2/c1-26(2,3)34-25(32)30-13-10-20(11-14-30)22-15-28-16-24(29-22)31-12-6-7-19(17-31)18-33-23-9-5-4-8-21(23)27;2-1-3/h4-5,8-10,15-16,19H,6-7,11-14,17-18H2,1-3H3;1H2. The lowest BCUT2D eigenvalue weighted by molar-refractivity contribution is 0.0270. The smallest absolute Gasteiger partial charge is 0.410 e. The fraction of sp³-hybridized carbons (Fsp3) is 0.519. The molecule has 1 saturated heterocycles. The molecule has 0 spiro atoms. The van der Waals surface area contributed by atoms with E-state index in [1.54, 1.807) is 35.5 Å². The van der Waals surface area contributed by atoms with Crippen LogP contribution in [0.4, 0.5) is 23.8 Å². The van der Waals surface area contributed by atoms with Crippen LogP contribution >= 0.6 is 0 Å². The number of rotatable bonds is 5. The Morgan fingerprint density at radius 2 is 1.92 bits per heavy atom. The molecule has 3 heterocycles. The molecule has 1 atom stereocenters. The summed E-state index contributed by atoms with van der Waals surface area (Å²) in [4.78, 5) is 25.6. The van der Waals surface area contributed by atoms with Gasteiger partial charge in [0.2, 0.25) is 6.93 Å². The number of amides is 1. The first kappa shape index (κ1) is 28.3. The molecule has 1 aromatic heterocycles. The zero-order valence-electron chi connectivity index (χ0n) is 21.6. The van der Waals surface area contributed by atoms with Crippen LogP contribution in [-0.4, -0.2) is 66.3 Å². The average Bonchev–Trinajstić information content (AvgIpc) is 2.88. The van der Waals surface area contributed by atoms with Gasteiger partial charge in [0, 0.05) is 32.1 Å². The Kier molecular flexibility index (Phi) is 10.2. The lowest BCUT2D eigenvalue weighted by atomic mass is 9.99. The number of piperidine rings is 1. The third kappa shape index (κ3) is 8.65. The van der Waals surface area contributed by atoms with Gasteiger partial charge in [-0.2, -0.15) is 0 Å². The maximum atomic E-state index is 13.9. The van der Waals surface area contributed by atoms with E-state index < -0.39 is 12.5 Å². The van der Waals surface area contributed by atoms with E-state index in [2.05, 4.69) is 9.88 Å². The first-order valence-corrected chi connectivity index (χ1v) is 12.4. The van der Waals surface area contributed by atoms with Gasteiger partial charge in [-0.15, -0.1) is 0 Å². The second-order valence-corrected chi connectivity index (χ2v) is 9.96. The van der Waals surface area contributed by atoms with Crippen LogP contribution in [0.1, 0.15) is 45.7 Å².